The van der Waals surface area contributed by atoms with E-state index in [2.05, 4.69) is 36.5 Å². The molecule has 1 aliphatic carbocycles. The largest absolute Gasteiger partial charge is 0.310 e. The zero-order valence-electron chi connectivity index (χ0n) is 11.5. The first-order valence-electron chi connectivity index (χ1n) is 7.33. The lowest BCUT2D eigenvalue weighted by Crippen LogP contribution is -2.14. The lowest BCUT2D eigenvalue weighted by atomic mass is 10.2. The second-order valence-corrected chi connectivity index (χ2v) is 6.38. The Balaban J connectivity index is 1.63. The van der Waals surface area contributed by atoms with Gasteiger partial charge in [0.15, 0.2) is 0 Å². The van der Waals surface area contributed by atoms with E-state index >= 15 is 0 Å². The Morgan fingerprint density at radius 1 is 1.11 bits per heavy atom. The molecular weight excluding hydrogens is 238 g/mol. The molecule has 0 amide bonds. The molecule has 1 N–H and O–H groups in total. The van der Waals surface area contributed by atoms with Gasteiger partial charge in [0.1, 0.15) is 0 Å². The summed E-state index contributed by atoms with van der Waals surface area (Å²) >= 11 is 2.00. The third-order valence-corrected chi connectivity index (χ3v) is 4.46. The van der Waals surface area contributed by atoms with Crippen molar-refractivity contribution in [3.05, 3.63) is 29.8 Å². The summed E-state index contributed by atoms with van der Waals surface area (Å²) in [6.07, 6.45) is 8.17. The summed E-state index contributed by atoms with van der Waals surface area (Å²) in [7, 11) is 0. The van der Waals surface area contributed by atoms with E-state index in [4.69, 9.17) is 0 Å². The fourth-order valence-corrected chi connectivity index (χ4v) is 2.88. The summed E-state index contributed by atoms with van der Waals surface area (Å²) in [4.78, 5) is 1.42. The van der Waals surface area contributed by atoms with Gasteiger partial charge in [0.2, 0.25) is 0 Å². The van der Waals surface area contributed by atoms with Crippen LogP contribution in [0.15, 0.2) is 29.2 Å². The first-order chi connectivity index (χ1) is 8.88. The minimum absolute atomic E-state index is 0.803. The van der Waals surface area contributed by atoms with Crippen LogP contribution in [0, 0.1) is 0 Å². The van der Waals surface area contributed by atoms with Gasteiger partial charge < -0.3 is 5.32 Å². The summed E-state index contributed by atoms with van der Waals surface area (Å²) < 4.78 is 0. The molecule has 1 aromatic carbocycles. The Kier molecular flexibility index (Phi) is 6.09. The van der Waals surface area contributed by atoms with Crippen molar-refractivity contribution in [1.29, 1.82) is 0 Å². The molecule has 2 heteroatoms. The number of hydrogen-bond donors (Lipinski definition) is 1. The smallest absolute Gasteiger partial charge is 0.0208 e. The quantitative estimate of drug-likeness (QED) is 0.516. The van der Waals surface area contributed by atoms with Crippen LogP contribution in [0.25, 0.3) is 0 Å². The molecule has 0 aromatic heterocycles. The van der Waals surface area contributed by atoms with Crippen molar-refractivity contribution in [2.45, 2.75) is 62.9 Å². The first-order valence-corrected chi connectivity index (χ1v) is 8.32. The molecular formula is C16H25NS. The van der Waals surface area contributed by atoms with Gasteiger partial charge in [-0.05, 0) is 42.7 Å². The van der Waals surface area contributed by atoms with E-state index in [1.54, 1.807) is 0 Å². The summed E-state index contributed by atoms with van der Waals surface area (Å²) in [6.45, 7) is 3.30. The predicted octanol–water partition coefficient (Wildman–Crippen LogP) is 4.61. The average Bonchev–Trinajstić information content (AvgIpc) is 3.22. The van der Waals surface area contributed by atoms with E-state index in [0.29, 0.717) is 0 Å². The Bertz CT molecular complexity index is 329. The number of rotatable bonds is 9. The molecule has 1 saturated carbocycles. The molecule has 0 bridgehead atoms. The number of benzene rings is 1. The highest BCUT2D eigenvalue weighted by molar-refractivity contribution is 7.99. The Morgan fingerprint density at radius 3 is 2.56 bits per heavy atom. The summed E-state index contributed by atoms with van der Waals surface area (Å²) in [5, 5.41) is 3.55. The van der Waals surface area contributed by atoms with Crippen LogP contribution >= 0.6 is 11.8 Å². The van der Waals surface area contributed by atoms with Gasteiger partial charge in [-0.1, -0.05) is 38.3 Å². The molecule has 0 heterocycles. The third-order valence-electron chi connectivity index (χ3n) is 3.36. The van der Waals surface area contributed by atoms with Crippen molar-refractivity contribution in [2.24, 2.45) is 0 Å². The van der Waals surface area contributed by atoms with Gasteiger partial charge in [-0.3, -0.25) is 0 Å². The van der Waals surface area contributed by atoms with E-state index in [9.17, 15) is 0 Å². The topological polar surface area (TPSA) is 12.0 Å². The van der Waals surface area contributed by atoms with Gasteiger partial charge in [-0.15, -0.1) is 11.8 Å². The minimum atomic E-state index is 0.803. The van der Waals surface area contributed by atoms with Gasteiger partial charge in [0.05, 0.1) is 0 Å². The SMILES string of the molecule is CCCCCCSc1ccc(CNC2CC2)cc1. The molecule has 1 aliphatic rings. The highest BCUT2D eigenvalue weighted by Crippen LogP contribution is 2.22. The number of nitrogens with one attached hydrogen (secondary N) is 1. The fourth-order valence-electron chi connectivity index (χ4n) is 1.97. The normalized spacial score (nSPS) is 14.9. The predicted molar refractivity (Wildman–Crippen MR) is 81.2 cm³/mol. The maximum Gasteiger partial charge on any atom is 0.0208 e. The second-order valence-electron chi connectivity index (χ2n) is 5.21. The number of unbranched alkanes of at least 4 members (excludes halogenated alkanes) is 3. The van der Waals surface area contributed by atoms with Gasteiger partial charge in [0.25, 0.3) is 0 Å². The maximum atomic E-state index is 3.55. The Hall–Kier alpha value is -0.470. The van der Waals surface area contributed by atoms with Crippen LogP contribution in [0.2, 0.25) is 0 Å². The fraction of sp³-hybridized carbons (Fsp3) is 0.625. The number of hydrogen-bond acceptors (Lipinski definition) is 2. The van der Waals surface area contributed by atoms with Crippen molar-refractivity contribution in [1.82, 2.24) is 5.32 Å². The molecule has 0 radical (unpaired) electrons. The van der Waals surface area contributed by atoms with Crippen LogP contribution in [-0.2, 0) is 6.54 Å². The number of thioether (sulfide) groups is 1. The van der Waals surface area contributed by atoms with E-state index in [1.165, 1.54) is 54.7 Å². The summed E-state index contributed by atoms with van der Waals surface area (Å²) in [5.41, 5.74) is 1.41. The van der Waals surface area contributed by atoms with Crippen molar-refractivity contribution in [3.63, 3.8) is 0 Å². The second kappa shape index (κ2) is 7.85. The van der Waals surface area contributed by atoms with Gasteiger partial charge >= 0.3 is 0 Å². The van der Waals surface area contributed by atoms with Crippen LogP contribution < -0.4 is 5.32 Å². The van der Waals surface area contributed by atoms with Crippen LogP contribution in [0.1, 0.15) is 51.0 Å². The van der Waals surface area contributed by atoms with Crippen LogP contribution in [0.4, 0.5) is 0 Å². The molecule has 1 aromatic rings. The molecule has 0 saturated heterocycles. The molecule has 0 spiro atoms. The minimum Gasteiger partial charge on any atom is -0.310 e. The molecule has 100 valence electrons. The molecule has 1 nitrogen and oxygen atoms in total. The Labute approximate surface area is 116 Å². The molecule has 0 aliphatic heterocycles. The highest BCUT2D eigenvalue weighted by Gasteiger charge is 2.19. The molecule has 2 rings (SSSR count). The first kappa shape index (κ1) is 14.0. The van der Waals surface area contributed by atoms with E-state index in [1.807, 2.05) is 11.8 Å². The maximum absolute atomic E-state index is 3.55. The third kappa shape index (κ3) is 5.45. The molecule has 18 heavy (non-hydrogen) atoms. The lowest BCUT2D eigenvalue weighted by molar-refractivity contribution is 0.687. The molecule has 0 unspecified atom stereocenters. The molecule has 1 fully saturated rings. The van der Waals surface area contributed by atoms with Crippen LogP contribution in [0.3, 0.4) is 0 Å². The van der Waals surface area contributed by atoms with Crippen LogP contribution in [0.5, 0.6) is 0 Å². The van der Waals surface area contributed by atoms with Crippen LogP contribution in [-0.4, -0.2) is 11.8 Å². The van der Waals surface area contributed by atoms with Crippen molar-refractivity contribution in [2.75, 3.05) is 5.75 Å². The van der Waals surface area contributed by atoms with Gasteiger partial charge in [0, 0.05) is 17.5 Å². The van der Waals surface area contributed by atoms with E-state index in [-0.39, 0.29) is 0 Å². The standard InChI is InChI=1S/C16H25NS/c1-2-3-4-5-12-18-16-10-6-14(7-11-16)13-17-15-8-9-15/h6-7,10-11,15,17H,2-5,8-9,12-13H2,1H3. The molecule has 0 atom stereocenters. The average molecular weight is 263 g/mol. The highest BCUT2D eigenvalue weighted by atomic mass is 32.2. The Morgan fingerprint density at radius 2 is 1.89 bits per heavy atom. The van der Waals surface area contributed by atoms with E-state index in [0.717, 1.165) is 12.6 Å². The summed E-state index contributed by atoms with van der Waals surface area (Å²) in [5.74, 6) is 1.26. The van der Waals surface area contributed by atoms with Gasteiger partial charge in [-0.2, -0.15) is 0 Å². The van der Waals surface area contributed by atoms with Crippen molar-refractivity contribution < 1.29 is 0 Å². The van der Waals surface area contributed by atoms with Crippen molar-refractivity contribution in [3.8, 4) is 0 Å². The monoisotopic (exact) mass is 263 g/mol. The lowest BCUT2D eigenvalue weighted by Gasteiger charge is -2.05. The zero-order valence-corrected chi connectivity index (χ0v) is 12.3. The summed E-state index contributed by atoms with van der Waals surface area (Å²) in [6, 6.07) is 9.88. The van der Waals surface area contributed by atoms with Gasteiger partial charge in [-0.25, -0.2) is 0 Å². The van der Waals surface area contributed by atoms with E-state index < -0.39 is 0 Å². The zero-order chi connectivity index (χ0) is 12.6. The van der Waals surface area contributed by atoms with Crippen molar-refractivity contribution >= 4 is 11.8 Å².